The van der Waals surface area contributed by atoms with E-state index in [1.165, 1.54) is 15.5 Å². The smallest absolute Gasteiger partial charge is 0.296 e. The molecule has 4 rings (SSSR count). The molecule has 0 spiro atoms. The maximum absolute atomic E-state index is 12.7. The van der Waals surface area contributed by atoms with Crippen LogP contribution in [-0.2, 0) is 20.0 Å². The lowest BCUT2D eigenvalue weighted by atomic mass is 10.1. The minimum absolute atomic E-state index is 0.267. The molecule has 0 amide bonds. The van der Waals surface area contributed by atoms with Crippen LogP contribution in [0.25, 0.3) is 21.8 Å². The van der Waals surface area contributed by atoms with Crippen LogP contribution in [0.5, 0.6) is 0 Å². The van der Waals surface area contributed by atoms with Crippen LogP contribution in [-0.4, -0.2) is 19.1 Å². The molecule has 0 aliphatic heterocycles. The number of fused-ring (bicyclic) bond motifs is 2. The van der Waals surface area contributed by atoms with Gasteiger partial charge in [0.25, 0.3) is 5.56 Å². The van der Waals surface area contributed by atoms with E-state index >= 15 is 0 Å². The highest BCUT2D eigenvalue weighted by atomic mass is 16.2. The number of hydrogen-bond donors (Lipinski definition) is 0. The van der Waals surface area contributed by atoms with Crippen LogP contribution in [0.15, 0.2) is 64.4 Å². The lowest BCUT2D eigenvalue weighted by Gasteiger charge is -2.11. The molecular formula is C19H16N4O2. The third kappa shape index (κ3) is 2.52. The summed E-state index contributed by atoms with van der Waals surface area (Å²) in [6, 6.07) is 14.9. The van der Waals surface area contributed by atoms with Crippen molar-refractivity contribution in [3.63, 3.8) is 0 Å². The van der Waals surface area contributed by atoms with Gasteiger partial charge in [-0.05, 0) is 18.2 Å². The zero-order chi connectivity index (χ0) is 17.4. The monoisotopic (exact) mass is 332 g/mol. The first kappa shape index (κ1) is 15.3. The van der Waals surface area contributed by atoms with E-state index < -0.39 is 0 Å². The summed E-state index contributed by atoms with van der Waals surface area (Å²) in [5.74, 6) is 0. The maximum Gasteiger partial charge on any atom is 0.331 e. The van der Waals surface area contributed by atoms with Gasteiger partial charge in [0.05, 0.1) is 22.1 Å². The molecule has 0 aliphatic carbocycles. The fourth-order valence-electron chi connectivity index (χ4n) is 3.14. The van der Waals surface area contributed by atoms with Gasteiger partial charge in [0.1, 0.15) is 6.33 Å². The van der Waals surface area contributed by atoms with Crippen LogP contribution >= 0.6 is 0 Å². The number of rotatable bonds is 3. The number of aromatic nitrogens is 4. The van der Waals surface area contributed by atoms with Crippen molar-refractivity contribution in [3.05, 3.63) is 81.4 Å². The summed E-state index contributed by atoms with van der Waals surface area (Å²) in [6.45, 7) is 0.275. The van der Waals surface area contributed by atoms with Gasteiger partial charge >= 0.3 is 5.69 Å². The molecule has 25 heavy (non-hydrogen) atoms. The third-order valence-corrected chi connectivity index (χ3v) is 4.46. The van der Waals surface area contributed by atoms with E-state index in [1.54, 1.807) is 25.2 Å². The van der Waals surface area contributed by atoms with Crippen LogP contribution in [0.1, 0.15) is 5.69 Å². The Bertz CT molecular complexity index is 1200. The molecule has 6 heteroatoms. The number of nitrogens with zero attached hydrogens (tertiary/aromatic N) is 4. The minimum atomic E-state index is -0.318. The molecule has 124 valence electrons. The van der Waals surface area contributed by atoms with E-state index in [0.717, 1.165) is 16.6 Å². The number of para-hydroxylation sites is 2. The Labute approximate surface area is 143 Å². The molecule has 0 atom stereocenters. The molecule has 0 saturated heterocycles. The van der Waals surface area contributed by atoms with Gasteiger partial charge in [0.15, 0.2) is 0 Å². The molecule has 0 aliphatic rings. The van der Waals surface area contributed by atoms with Crippen molar-refractivity contribution in [3.8, 4) is 0 Å². The highest BCUT2D eigenvalue weighted by Crippen LogP contribution is 2.14. The van der Waals surface area contributed by atoms with E-state index in [2.05, 4.69) is 9.97 Å². The summed E-state index contributed by atoms with van der Waals surface area (Å²) in [7, 11) is 1.68. The summed E-state index contributed by atoms with van der Waals surface area (Å²) in [4.78, 5) is 33.9. The molecule has 2 aromatic carbocycles. The molecule has 0 unspecified atom stereocenters. The van der Waals surface area contributed by atoms with Crippen molar-refractivity contribution in [1.82, 2.24) is 19.1 Å². The summed E-state index contributed by atoms with van der Waals surface area (Å²) < 4.78 is 2.79. The Hall–Kier alpha value is -3.28. The number of benzene rings is 2. The Morgan fingerprint density at radius 2 is 1.64 bits per heavy atom. The topological polar surface area (TPSA) is 69.8 Å². The molecule has 0 N–H and O–H groups in total. The van der Waals surface area contributed by atoms with Crippen molar-refractivity contribution in [2.24, 2.45) is 7.05 Å². The van der Waals surface area contributed by atoms with Crippen molar-refractivity contribution in [2.45, 2.75) is 13.0 Å². The minimum Gasteiger partial charge on any atom is -0.296 e. The van der Waals surface area contributed by atoms with E-state index in [0.29, 0.717) is 17.3 Å². The van der Waals surface area contributed by atoms with Gasteiger partial charge < -0.3 is 0 Å². The number of hydrogen-bond acceptors (Lipinski definition) is 4. The van der Waals surface area contributed by atoms with Crippen LogP contribution in [0.2, 0.25) is 0 Å². The van der Waals surface area contributed by atoms with E-state index in [4.69, 9.17) is 0 Å². The summed E-state index contributed by atoms with van der Waals surface area (Å²) in [5, 5.41) is 1.48. The lowest BCUT2D eigenvalue weighted by Crippen LogP contribution is -2.39. The van der Waals surface area contributed by atoms with Gasteiger partial charge in [-0.3, -0.25) is 13.9 Å². The summed E-state index contributed by atoms with van der Waals surface area (Å²) in [5.41, 5.74) is 1.74. The van der Waals surface area contributed by atoms with Crippen molar-refractivity contribution >= 4 is 21.8 Å². The second-order valence-electron chi connectivity index (χ2n) is 5.90. The van der Waals surface area contributed by atoms with E-state index in [9.17, 15) is 9.59 Å². The van der Waals surface area contributed by atoms with Crippen LogP contribution in [0, 0.1) is 0 Å². The Kier molecular flexibility index (Phi) is 3.65. The van der Waals surface area contributed by atoms with Crippen molar-refractivity contribution in [2.75, 3.05) is 0 Å². The fourth-order valence-corrected chi connectivity index (χ4v) is 3.14. The molecule has 4 aromatic rings. The Morgan fingerprint density at radius 1 is 0.920 bits per heavy atom. The lowest BCUT2D eigenvalue weighted by molar-refractivity contribution is 0.601. The average Bonchev–Trinajstić information content (AvgIpc) is 2.66. The zero-order valence-electron chi connectivity index (χ0n) is 13.7. The van der Waals surface area contributed by atoms with Gasteiger partial charge in [-0.15, -0.1) is 0 Å². The van der Waals surface area contributed by atoms with Gasteiger partial charge in [0, 0.05) is 25.4 Å². The molecule has 6 nitrogen and oxygen atoms in total. The van der Waals surface area contributed by atoms with Crippen LogP contribution in [0.3, 0.4) is 0 Å². The zero-order valence-corrected chi connectivity index (χ0v) is 13.7. The summed E-state index contributed by atoms with van der Waals surface area (Å²) in [6.07, 6.45) is 2.00. The second kappa shape index (κ2) is 5.98. The Morgan fingerprint density at radius 3 is 2.48 bits per heavy atom. The molecule has 2 heterocycles. The molecule has 0 bridgehead atoms. The van der Waals surface area contributed by atoms with Gasteiger partial charge in [-0.2, -0.15) is 0 Å². The van der Waals surface area contributed by atoms with Gasteiger partial charge in [-0.25, -0.2) is 14.8 Å². The quantitative estimate of drug-likeness (QED) is 0.574. The summed E-state index contributed by atoms with van der Waals surface area (Å²) >= 11 is 0. The van der Waals surface area contributed by atoms with Gasteiger partial charge in [0.2, 0.25) is 0 Å². The first-order valence-corrected chi connectivity index (χ1v) is 8.04. The first-order chi connectivity index (χ1) is 12.2. The van der Waals surface area contributed by atoms with Crippen molar-refractivity contribution < 1.29 is 0 Å². The molecule has 0 saturated carbocycles. The third-order valence-electron chi connectivity index (χ3n) is 4.46. The standard InChI is InChI=1S/C19H16N4O2/c1-22-17-9-5-3-7-14(17)18(24)23(19(22)25)11-10-16-13-6-2-4-8-15(13)20-12-21-16/h2-9,12H,10-11H2,1H3. The molecule has 2 aromatic heterocycles. The highest BCUT2D eigenvalue weighted by Gasteiger charge is 2.11. The molecule has 0 fully saturated rings. The predicted molar refractivity (Wildman–Crippen MR) is 96.7 cm³/mol. The van der Waals surface area contributed by atoms with Crippen LogP contribution < -0.4 is 11.2 Å². The Balaban J connectivity index is 1.79. The van der Waals surface area contributed by atoms with E-state index in [-0.39, 0.29) is 17.8 Å². The van der Waals surface area contributed by atoms with Crippen molar-refractivity contribution in [1.29, 1.82) is 0 Å². The normalized spacial score (nSPS) is 11.2. The molecule has 0 radical (unpaired) electrons. The fraction of sp³-hybridized carbons (Fsp3) is 0.158. The first-order valence-electron chi connectivity index (χ1n) is 8.04. The SMILES string of the molecule is Cn1c(=O)n(CCc2ncnc3ccccc23)c(=O)c2ccccc21. The predicted octanol–water partition coefficient (Wildman–Crippen LogP) is 1.89. The number of aryl methyl sites for hydroxylation is 2. The molecular weight excluding hydrogens is 316 g/mol. The maximum atomic E-state index is 12.7. The van der Waals surface area contributed by atoms with E-state index in [1.807, 2.05) is 30.3 Å². The van der Waals surface area contributed by atoms with Crippen LogP contribution in [0.4, 0.5) is 0 Å². The highest BCUT2D eigenvalue weighted by molar-refractivity contribution is 5.80. The average molecular weight is 332 g/mol. The van der Waals surface area contributed by atoms with Gasteiger partial charge in [-0.1, -0.05) is 30.3 Å². The second-order valence-corrected chi connectivity index (χ2v) is 5.90. The largest absolute Gasteiger partial charge is 0.331 e.